The molecule has 5 heteroatoms. The standard InChI is InChI=1S/C12H14N2O3/c1-8(2)7-13-12(17)14-10-5-3-9(4-6-10)11(15)16/h3-7H,1-2H3,(H,15,16)(H2,13,14,17). The van der Waals surface area contributed by atoms with Crippen molar-refractivity contribution in [1.29, 1.82) is 0 Å². The smallest absolute Gasteiger partial charge is 0.335 e. The number of allylic oxidation sites excluding steroid dienone is 1. The third-order valence-corrected chi connectivity index (χ3v) is 1.88. The van der Waals surface area contributed by atoms with Crippen molar-refractivity contribution < 1.29 is 14.7 Å². The highest BCUT2D eigenvalue weighted by Crippen LogP contribution is 2.09. The summed E-state index contributed by atoms with van der Waals surface area (Å²) in [5.41, 5.74) is 1.69. The summed E-state index contributed by atoms with van der Waals surface area (Å²) < 4.78 is 0. The van der Waals surface area contributed by atoms with Gasteiger partial charge in [0.15, 0.2) is 0 Å². The first kappa shape index (κ1) is 12.8. The highest BCUT2D eigenvalue weighted by atomic mass is 16.4. The van der Waals surface area contributed by atoms with Crippen molar-refractivity contribution in [2.75, 3.05) is 5.32 Å². The largest absolute Gasteiger partial charge is 0.478 e. The Bertz CT molecular complexity index is 445. The van der Waals surface area contributed by atoms with Gasteiger partial charge in [-0.1, -0.05) is 5.57 Å². The van der Waals surface area contributed by atoms with Crippen molar-refractivity contribution in [1.82, 2.24) is 5.32 Å². The first-order valence-electron chi connectivity index (χ1n) is 5.03. The zero-order valence-electron chi connectivity index (χ0n) is 9.65. The van der Waals surface area contributed by atoms with E-state index in [1.54, 1.807) is 6.20 Å². The number of anilines is 1. The Morgan fingerprint density at radius 3 is 2.24 bits per heavy atom. The van der Waals surface area contributed by atoms with Crippen LogP contribution in [-0.2, 0) is 0 Å². The van der Waals surface area contributed by atoms with E-state index in [2.05, 4.69) is 10.6 Å². The topological polar surface area (TPSA) is 78.4 Å². The molecule has 0 saturated carbocycles. The maximum Gasteiger partial charge on any atom is 0.335 e. The maximum absolute atomic E-state index is 11.4. The van der Waals surface area contributed by atoms with Crippen LogP contribution in [0.2, 0.25) is 0 Å². The number of urea groups is 1. The van der Waals surface area contributed by atoms with Gasteiger partial charge in [-0.3, -0.25) is 0 Å². The van der Waals surface area contributed by atoms with Crippen LogP contribution in [0.25, 0.3) is 0 Å². The van der Waals surface area contributed by atoms with Crippen molar-refractivity contribution >= 4 is 17.7 Å². The normalized spacial score (nSPS) is 9.29. The summed E-state index contributed by atoms with van der Waals surface area (Å²) in [5, 5.41) is 13.8. The number of benzene rings is 1. The molecule has 0 unspecified atom stereocenters. The Hall–Kier alpha value is -2.30. The van der Waals surface area contributed by atoms with E-state index < -0.39 is 5.97 Å². The number of carbonyl (C=O) groups is 2. The molecule has 0 radical (unpaired) electrons. The lowest BCUT2D eigenvalue weighted by Crippen LogP contribution is -2.24. The van der Waals surface area contributed by atoms with Crippen LogP contribution in [0.3, 0.4) is 0 Å². The van der Waals surface area contributed by atoms with Gasteiger partial charge in [0.25, 0.3) is 0 Å². The quantitative estimate of drug-likeness (QED) is 0.751. The molecule has 0 aliphatic rings. The van der Waals surface area contributed by atoms with E-state index in [4.69, 9.17) is 5.11 Å². The summed E-state index contributed by atoms with van der Waals surface area (Å²) in [6.45, 7) is 3.73. The number of rotatable bonds is 3. The molecule has 0 spiro atoms. The molecule has 0 aliphatic carbocycles. The minimum absolute atomic E-state index is 0.181. The number of hydrogen-bond acceptors (Lipinski definition) is 2. The molecular weight excluding hydrogens is 220 g/mol. The lowest BCUT2D eigenvalue weighted by molar-refractivity contribution is 0.0697. The Balaban J connectivity index is 2.60. The van der Waals surface area contributed by atoms with Crippen molar-refractivity contribution in [2.45, 2.75) is 13.8 Å². The number of carbonyl (C=O) groups excluding carboxylic acids is 1. The van der Waals surface area contributed by atoms with Crippen LogP contribution < -0.4 is 10.6 Å². The van der Waals surface area contributed by atoms with E-state index in [-0.39, 0.29) is 11.6 Å². The summed E-state index contributed by atoms with van der Waals surface area (Å²) in [6.07, 6.45) is 1.58. The predicted molar refractivity (Wildman–Crippen MR) is 65.0 cm³/mol. The van der Waals surface area contributed by atoms with Gasteiger partial charge in [-0.15, -0.1) is 0 Å². The van der Waals surface area contributed by atoms with Gasteiger partial charge in [0, 0.05) is 11.9 Å². The molecule has 0 atom stereocenters. The van der Waals surface area contributed by atoms with Crippen LogP contribution in [0.1, 0.15) is 24.2 Å². The van der Waals surface area contributed by atoms with E-state index in [0.717, 1.165) is 5.57 Å². The van der Waals surface area contributed by atoms with Crippen LogP contribution in [0.15, 0.2) is 36.0 Å². The van der Waals surface area contributed by atoms with Gasteiger partial charge in [-0.2, -0.15) is 0 Å². The molecule has 0 aliphatic heterocycles. The summed E-state index contributed by atoms with van der Waals surface area (Å²) >= 11 is 0. The first-order chi connectivity index (χ1) is 7.99. The van der Waals surface area contributed by atoms with Crippen LogP contribution >= 0.6 is 0 Å². The molecule has 2 amide bonds. The summed E-state index contributed by atoms with van der Waals surface area (Å²) in [6, 6.07) is 5.56. The fourth-order valence-corrected chi connectivity index (χ4v) is 1.07. The molecule has 1 rings (SSSR count). The number of aromatic carboxylic acids is 1. The van der Waals surface area contributed by atoms with Gasteiger partial charge in [0.1, 0.15) is 0 Å². The molecule has 1 aromatic rings. The Morgan fingerprint density at radius 1 is 1.18 bits per heavy atom. The zero-order chi connectivity index (χ0) is 12.8. The highest BCUT2D eigenvalue weighted by Gasteiger charge is 2.03. The van der Waals surface area contributed by atoms with Gasteiger partial charge < -0.3 is 15.7 Å². The molecular formula is C12H14N2O3. The summed E-state index contributed by atoms with van der Waals surface area (Å²) in [5.74, 6) is -0.995. The van der Waals surface area contributed by atoms with Gasteiger partial charge >= 0.3 is 12.0 Å². The summed E-state index contributed by atoms with van der Waals surface area (Å²) in [7, 11) is 0. The molecule has 90 valence electrons. The zero-order valence-corrected chi connectivity index (χ0v) is 9.65. The molecule has 1 aromatic carbocycles. The first-order valence-corrected chi connectivity index (χ1v) is 5.03. The lowest BCUT2D eigenvalue weighted by Gasteiger charge is -2.05. The third kappa shape index (κ3) is 4.38. The third-order valence-electron chi connectivity index (χ3n) is 1.88. The number of hydrogen-bond donors (Lipinski definition) is 3. The number of carboxylic acids is 1. The Kier molecular flexibility index (Phi) is 4.28. The average Bonchev–Trinajstić information content (AvgIpc) is 2.27. The number of amides is 2. The minimum atomic E-state index is -0.995. The number of nitrogens with one attached hydrogen (secondary N) is 2. The molecule has 0 aromatic heterocycles. The predicted octanol–water partition coefficient (Wildman–Crippen LogP) is 2.43. The molecule has 17 heavy (non-hydrogen) atoms. The maximum atomic E-state index is 11.4. The molecule has 0 fully saturated rings. The highest BCUT2D eigenvalue weighted by molar-refractivity contribution is 5.91. The van der Waals surface area contributed by atoms with E-state index in [1.807, 2.05) is 13.8 Å². The van der Waals surface area contributed by atoms with E-state index >= 15 is 0 Å². The average molecular weight is 234 g/mol. The minimum Gasteiger partial charge on any atom is -0.478 e. The second kappa shape index (κ2) is 5.69. The van der Waals surface area contributed by atoms with E-state index in [1.165, 1.54) is 24.3 Å². The molecule has 0 bridgehead atoms. The van der Waals surface area contributed by atoms with Gasteiger partial charge in [-0.25, -0.2) is 9.59 Å². The van der Waals surface area contributed by atoms with Crippen molar-refractivity contribution in [3.8, 4) is 0 Å². The molecule has 0 heterocycles. The van der Waals surface area contributed by atoms with Crippen molar-refractivity contribution in [3.05, 3.63) is 41.6 Å². The summed E-state index contributed by atoms with van der Waals surface area (Å²) in [4.78, 5) is 22.0. The van der Waals surface area contributed by atoms with Crippen LogP contribution in [-0.4, -0.2) is 17.1 Å². The van der Waals surface area contributed by atoms with Crippen LogP contribution in [0, 0.1) is 0 Å². The van der Waals surface area contributed by atoms with Crippen molar-refractivity contribution in [3.63, 3.8) is 0 Å². The van der Waals surface area contributed by atoms with E-state index in [0.29, 0.717) is 5.69 Å². The second-order valence-corrected chi connectivity index (χ2v) is 3.70. The Morgan fingerprint density at radius 2 is 1.76 bits per heavy atom. The monoisotopic (exact) mass is 234 g/mol. The van der Waals surface area contributed by atoms with Crippen molar-refractivity contribution in [2.24, 2.45) is 0 Å². The van der Waals surface area contributed by atoms with Gasteiger partial charge in [0.05, 0.1) is 5.56 Å². The molecule has 3 N–H and O–H groups in total. The SMILES string of the molecule is CC(C)=CNC(=O)Nc1ccc(C(=O)O)cc1. The Labute approximate surface area is 99.1 Å². The van der Waals surface area contributed by atoms with Gasteiger partial charge in [0.2, 0.25) is 0 Å². The van der Waals surface area contributed by atoms with Crippen LogP contribution in [0.5, 0.6) is 0 Å². The second-order valence-electron chi connectivity index (χ2n) is 3.70. The van der Waals surface area contributed by atoms with Crippen LogP contribution in [0.4, 0.5) is 10.5 Å². The number of carboxylic acid groups (broad SMARTS) is 1. The molecule has 0 saturated heterocycles. The fraction of sp³-hybridized carbons (Fsp3) is 0.167. The van der Waals surface area contributed by atoms with Gasteiger partial charge in [-0.05, 0) is 38.1 Å². The lowest BCUT2D eigenvalue weighted by atomic mass is 10.2. The fourth-order valence-electron chi connectivity index (χ4n) is 1.07. The molecule has 5 nitrogen and oxygen atoms in total. The van der Waals surface area contributed by atoms with E-state index in [9.17, 15) is 9.59 Å².